The van der Waals surface area contributed by atoms with Crippen molar-refractivity contribution in [2.75, 3.05) is 6.61 Å². The number of rotatable bonds is 4. The monoisotopic (exact) mass is 192 g/mol. The molecule has 0 spiro atoms. The molecule has 5 nitrogen and oxygen atoms in total. The van der Waals surface area contributed by atoms with E-state index in [0.29, 0.717) is 0 Å². The van der Waals surface area contributed by atoms with E-state index in [1.54, 1.807) is 6.92 Å². The predicted molar refractivity (Wildman–Crippen MR) is 44.4 cm³/mol. The minimum Gasteiger partial charge on any atom is -0.465 e. The Morgan fingerprint density at radius 2 is 1.77 bits per heavy atom. The molecule has 3 N–H and O–H groups in total. The van der Waals surface area contributed by atoms with Crippen LogP contribution in [0.4, 0.5) is 0 Å². The van der Waals surface area contributed by atoms with Gasteiger partial charge in [0.1, 0.15) is 6.61 Å². The van der Waals surface area contributed by atoms with E-state index < -0.39 is 17.4 Å². The molecule has 0 bridgehead atoms. The highest BCUT2D eigenvalue weighted by Crippen LogP contribution is 2.26. The first-order chi connectivity index (χ1) is 5.70. The van der Waals surface area contributed by atoms with E-state index in [0.717, 1.165) is 0 Å². The molecule has 0 aromatic carbocycles. The van der Waals surface area contributed by atoms with Crippen LogP contribution >= 0.6 is 0 Å². The van der Waals surface area contributed by atoms with Crippen molar-refractivity contribution in [2.45, 2.75) is 33.2 Å². The van der Waals surface area contributed by atoms with Crippen LogP contribution in [0, 0.1) is 5.41 Å². The van der Waals surface area contributed by atoms with Gasteiger partial charge in [-0.1, -0.05) is 6.92 Å². The molecule has 0 aromatic rings. The maximum atomic E-state index is 10.7. The first-order valence-corrected chi connectivity index (χ1v) is 4.03. The average molecular weight is 192 g/mol. The first-order valence-electron chi connectivity index (χ1n) is 4.03. The van der Waals surface area contributed by atoms with Crippen LogP contribution in [0.25, 0.3) is 0 Å². The summed E-state index contributed by atoms with van der Waals surface area (Å²) in [5, 5.41) is 26.6. The lowest BCUT2D eigenvalue weighted by Gasteiger charge is -2.32. The lowest BCUT2D eigenvalue weighted by Crippen LogP contribution is -2.47. The van der Waals surface area contributed by atoms with Crippen molar-refractivity contribution >= 4 is 5.97 Å². The van der Waals surface area contributed by atoms with Crippen molar-refractivity contribution in [2.24, 2.45) is 5.41 Å². The van der Waals surface area contributed by atoms with Crippen molar-refractivity contribution in [1.29, 1.82) is 0 Å². The maximum Gasteiger partial charge on any atom is 0.305 e. The number of ether oxygens (including phenoxy) is 1. The molecule has 0 aliphatic carbocycles. The zero-order valence-electron chi connectivity index (χ0n) is 8.07. The summed E-state index contributed by atoms with van der Waals surface area (Å²) < 4.78 is 4.66. The van der Waals surface area contributed by atoms with Crippen molar-refractivity contribution < 1.29 is 24.9 Å². The van der Waals surface area contributed by atoms with E-state index in [4.69, 9.17) is 15.3 Å². The zero-order chi connectivity index (χ0) is 10.7. The van der Waals surface area contributed by atoms with Gasteiger partial charge >= 0.3 is 5.97 Å². The lowest BCUT2D eigenvalue weighted by atomic mass is 9.91. The van der Waals surface area contributed by atoms with Gasteiger partial charge in [0, 0.05) is 6.42 Å². The highest BCUT2D eigenvalue weighted by atomic mass is 16.7. The Morgan fingerprint density at radius 3 is 2.08 bits per heavy atom. The summed E-state index contributed by atoms with van der Waals surface area (Å²) in [5.41, 5.74) is -1.31. The summed E-state index contributed by atoms with van der Waals surface area (Å²) in [6.07, 6.45) is 0.214. The molecular formula is C8H16O5. The van der Waals surface area contributed by atoms with Crippen molar-refractivity contribution in [1.82, 2.24) is 0 Å². The molecule has 0 atom stereocenters. The van der Waals surface area contributed by atoms with E-state index in [2.05, 4.69) is 4.74 Å². The normalized spacial score (nSPS) is 12.8. The zero-order valence-corrected chi connectivity index (χ0v) is 8.07. The summed E-state index contributed by atoms with van der Waals surface area (Å²) in [5.74, 6) is -3.29. The second-order valence-electron chi connectivity index (χ2n) is 3.53. The summed E-state index contributed by atoms with van der Waals surface area (Å²) in [7, 11) is 0. The van der Waals surface area contributed by atoms with Crippen molar-refractivity contribution in [3.8, 4) is 0 Å². The topological polar surface area (TPSA) is 87.0 Å². The highest BCUT2D eigenvalue weighted by molar-refractivity contribution is 5.68. The first kappa shape index (κ1) is 12.3. The molecule has 0 fully saturated rings. The number of hydrogen-bond acceptors (Lipinski definition) is 5. The standard InChI is InChI=1S/C8H16O5/c1-4-6(9)13-5-7(2,3)8(10,11)12/h10-12H,4-5H2,1-3H3. The van der Waals surface area contributed by atoms with Gasteiger partial charge in [-0.05, 0) is 13.8 Å². The lowest BCUT2D eigenvalue weighted by molar-refractivity contribution is -0.371. The van der Waals surface area contributed by atoms with E-state index in [9.17, 15) is 4.79 Å². The van der Waals surface area contributed by atoms with Crippen LogP contribution in [0.2, 0.25) is 0 Å². The van der Waals surface area contributed by atoms with E-state index in [1.807, 2.05) is 0 Å². The van der Waals surface area contributed by atoms with Crippen LogP contribution < -0.4 is 0 Å². The van der Waals surface area contributed by atoms with Gasteiger partial charge in [0.15, 0.2) is 0 Å². The molecule has 0 aliphatic heterocycles. The van der Waals surface area contributed by atoms with Gasteiger partial charge in [-0.2, -0.15) is 0 Å². The van der Waals surface area contributed by atoms with Crippen LogP contribution in [0.5, 0.6) is 0 Å². The molecule has 0 amide bonds. The third-order valence-electron chi connectivity index (χ3n) is 1.79. The Hall–Kier alpha value is -0.650. The van der Waals surface area contributed by atoms with E-state index in [1.165, 1.54) is 13.8 Å². The average Bonchev–Trinajstić information content (AvgIpc) is 1.98. The van der Waals surface area contributed by atoms with Gasteiger partial charge in [-0.15, -0.1) is 0 Å². The Labute approximate surface area is 77.0 Å². The molecule has 78 valence electrons. The maximum absolute atomic E-state index is 10.7. The molecule has 0 heterocycles. The largest absolute Gasteiger partial charge is 0.465 e. The fourth-order valence-corrected chi connectivity index (χ4v) is 0.460. The van der Waals surface area contributed by atoms with Crippen LogP contribution in [-0.2, 0) is 9.53 Å². The van der Waals surface area contributed by atoms with Crippen LogP contribution in [0.15, 0.2) is 0 Å². The SMILES string of the molecule is CCC(=O)OCC(C)(C)C(O)(O)O. The third-order valence-corrected chi connectivity index (χ3v) is 1.79. The summed E-state index contributed by atoms with van der Waals surface area (Å²) in [6.45, 7) is 4.12. The van der Waals surface area contributed by atoms with E-state index >= 15 is 0 Å². The molecule has 5 heteroatoms. The Kier molecular flexibility index (Phi) is 3.84. The highest BCUT2D eigenvalue weighted by Gasteiger charge is 2.41. The Bertz CT molecular complexity index is 179. The van der Waals surface area contributed by atoms with Gasteiger partial charge in [0.05, 0.1) is 5.41 Å². The Morgan fingerprint density at radius 1 is 1.31 bits per heavy atom. The molecule has 0 radical (unpaired) electrons. The number of esters is 1. The number of carbonyl (C=O) groups excluding carboxylic acids is 1. The molecular weight excluding hydrogens is 176 g/mol. The quantitative estimate of drug-likeness (QED) is 0.416. The molecule has 0 aliphatic rings. The molecule has 0 saturated carbocycles. The summed E-state index contributed by atoms with van der Waals surface area (Å²) >= 11 is 0. The molecule has 0 saturated heterocycles. The van der Waals surface area contributed by atoms with Crippen LogP contribution in [0.3, 0.4) is 0 Å². The molecule has 0 rings (SSSR count). The van der Waals surface area contributed by atoms with Gasteiger partial charge < -0.3 is 20.1 Å². The van der Waals surface area contributed by atoms with Crippen molar-refractivity contribution in [3.63, 3.8) is 0 Å². The van der Waals surface area contributed by atoms with Gasteiger partial charge in [-0.3, -0.25) is 4.79 Å². The number of aliphatic hydroxyl groups is 3. The third kappa shape index (κ3) is 3.71. The molecule has 0 aromatic heterocycles. The fraction of sp³-hybridized carbons (Fsp3) is 0.875. The molecule has 0 unspecified atom stereocenters. The van der Waals surface area contributed by atoms with Gasteiger partial charge in [0.2, 0.25) is 0 Å². The minimum absolute atomic E-state index is 0.214. The summed E-state index contributed by atoms with van der Waals surface area (Å²) in [6, 6.07) is 0. The van der Waals surface area contributed by atoms with Gasteiger partial charge in [-0.25, -0.2) is 0 Å². The Balaban J connectivity index is 4.12. The minimum atomic E-state index is -2.85. The van der Waals surface area contributed by atoms with Crippen LogP contribution in [-0.4, -0.2) is 33.9 Å². The summed E-state index contributed by atoms with van der Waals surface area (Å²) in [4.78, 5) is 10.7. The second-order valence-corrected chi connectivity index (χ2v) is 3.53. The fourth-order valence-electron chi connectivity index (χ4n) is 0.460. The molecule has 13 heavy (non-hydrogen) atoms. The number of carbonyl (C=O) groups is 1. The smallest absolute Gasteiger partial charge is 0.305 e. The number of hydrogen-bond donors (Lipinski definition) is 3. The second kappa shape index (κ2) is 4.04. The van der Waals surface area contributed by atoms with Crippen LogP contribution in [0.1, 0.15) is 27.2 Å². The van der Waals surface area contributed by atoms with Gasteiger partial charge in [0.25, 0.3) is 5.97 Å². The predicted octanol–water partition coefficient (Wildman–Crippen LogP) is -0.404. The van der Waals surface area contributed by atoms with E-state index in [-0.39, 0.29) is 13.0 Å². The van der Waals surface area contributed by atoms with Crippen molar-refractivity contribution in [3.05, 3.63) is 0 Å².